The fourth-order valence-corrected chi connectivity index (χ4v) is 2.37. The molecule has 0 saturated heterocycles. The van der Waals surface area contributed by atoms with Crippen LogP contribution in [0.3, 0.4) is 0 Å². The van der Waals surface area contributed by atoms with Crippen molar-refractivity contribution in [1.29, 1.82) is 0 Å². The van der Waals surface area contributed by atoms with Crippen LogP contribution in [0, 0.1) is 0 Å². The smallest absolute Gasteiger partial charge is 0.277 e. The monoisotopic (exact) mass is 406 g/mol. The van der Waals surface area contributed by atoms with Crippen LogP contribution in [0.25, 0.3) is 0 Å². The number of amides is 1. The maximum Gasteiger partial charge on any atom is 0.277 e. The molecule has 130 valence electrons. The van der Waals surface area contributed by atoms with Gasteiger partial charge in [0.1, 0.15) is 11.5 Å². The Morgan fingerprint density at radius 2 is 2.00 bits per heavy atom. The average molecular weight is 407 g/mol. The summed E-state index contributed by atoms with van der Waals surface area (Å²) in [6, 6.07) is 10.6. The molecule has 25 heavy (non-hydrogen) atoms. The van der Waals surface area contributed by atoms with Crippen molar-refractivity contribution in [1.82, 2.24) is 5.43 Å². The lowest BCUT2D eigenvalue weighted by Gasteiger charge is -2.06. The molecule has 1 amide bonds. The van der Waals surface area contributed by atoms with E-state index in [4.69, 9.17) is 18.9 Å². The molecule has 0 aromatic heterocycles. The van der Waals surface area contributed by atoms with E-state index in [1.807, 2.05) is 12.1 Å². The third-order valence-corrected chi connectivity index (χ3v) is 3.83. The molecule has 8 heteroatoms. The quantitative estimate of drug-likeness (QED) is 0.589. The number of rotatable bonds is 6. The topological polar surface area (TPSA) is 78.4 Å². The van der Waals surface area contributed by atoms with Crippen molar-refractivity contribution < 1.29 is 23.7 Å². The third-order valence-electron chi connectivity index (χ3n) is 3.30. The second-order valence-corrected chi connectivity index (χ2v) is 5.90. The molecule has 1 heterocycles. The predicted molar refractivity (Wildman–Crippen MR) is 94.5 cm³/mol. The number of hydrogen-bond acceptors (Lipinski definition) is 6. The zero-order valence-corrected chi connectivity index (χ0v) is 14.9. The molecule has 0 bridgehead atoms. The van der Waals surface area contributed by atoms with E-state index in [0.29, 0.717) is 28.6 Å². The lowest BCUT2D eigenvalue weighted by atomic mass is 10.2. The van der Waals surface area contributed by atoms with Crippen molar-refractivity contribution in [2.45, 2.75) is 0 Å². The summed E-state index contributed by atoms with van der Waals surface area (Å²) in [6.45, 7) is 0.0282. The Labute approximate surface area is 152 Å². The fraction of sp³-hybridized carbons (Fsp3) is 0.176. The number of carbonyl (C=O) groups excluding carboxylic acids is 1. The van der Waals surface area contributed by atoms with Gasteiger partial charge in [-0.05, 0) is 30.3 Å². The normalized spacial score (nSPS) is 12.2. The van der Waals surface area contributed by atoms with Gasteiger partial charge in [0.15, 0.2) is 18.1 Å². The molecular formula is C17H15BrN2O5. The summed E-state index contributed by atoms with van der Waals surface area (Å²) in [4.78, 5) is 11.8. The summed E-state index contributed by atoms with van der Waals surface area (Å²) in [7, 11) is 1.54. The molecule has 0 radical (unpaired) electrons. The summed E-state index contributed by atoms with van der Waals surface area (Å²) in [5, 5.41) is 3.91. The number of carbonyl (C=O) groups is 1. The minimum Gasteiger partial charge on any atom is -0.496 e. The van der Waals surface area contributed by atoms with Crippen LogP contribution in [0.2, 0.25) is 0 Å². The molecule has 0 fully saturated rings. The van der Waals surface area contributed by atoms with Gasteiger partial charge in [-0.25, -0.2) is 5.43 Å². The second kappa shape index (κ2) is 7.89. The van der Waals surface area contributed by atoms with Crippen LogP contribution in [0.1, 0.15) is 5.56 Å². The van der Waals surface area contributed by atoms with Gasteiger partial charge in [0, 0.05) is 16.1 Å². The summed E-state index contributed by atoms with van der Waals surface area (Å²) in [6.07, 6.45) is 1.47. The first-order valence-electron chi connectivity index (χ1n) is 7.33. The molecule has 0 aliphatic carbocycles. The number of hydrazone groups is 1. The van der Waals surface area contributed by atoms with Gasteiger partial charge in [0.25, 0.3) is 5.91 Å². The maximum atomic E-state index is 11.8. The standard InChI is InChI=1S/C17H15BrN2O5/c1-22-14-7-16-15(24-10-25-16)6-11(14)8-19-20-17(21)9-23-13-4-2-12(18)3-5-13/h2-8H,9-10H2,1H3,(H,20,21)/b19-8-. The minimum absolute atomic E-state index is 0.142. The molecule has 1 aliphatic rings. The zero-order chi connectivity index (χ0) is 17.6. The van der Waals surface area contributed by atoms with E-state index in [0.717, 1.165) is 4.47 Å². The Morgan fingerprint density at radius 3 is 2.72 bits per heavy atom. The maximum absolute atomic E-state index is 11.8. The van der Waals surface area contributed by atoms with Gasteiger partial charge in [0.05, 0.1) is 13.3 Å². The van der Waals surface area contributed by atoms with Gasteiger partial charge in [0.2, 0.25) is 6.79 Å². The van der Waals surface area contributed by atoms with E-state index >= 15 is 0 Å². The highest BCUT2D eigenvalue weighted by atomic mass is 79.9. The molecule has 0 atom stereocenters. The molecule has 2 aromatic rings. The molecule has 3 rings (SSSR count). The van der Waals surface area contributed by atoms with Crippen LogP contribution in [-0.4, -0.2) is 32.6 Å². The van der Waals surface area contributed by atoms with E-state index < -0.39 is 0 Å². The summed E-state index contributed by atoms with van der Waals surface area (Å²) >= 11 is 3.33. The van der Waals surface area contributed by atoms with Crippen LogP contribution < -0.4 is 24.4 Å². The molecule has 0 unspecified atom stereocenters. The highest BCUT2D eigenvalue weighted by Gasteiger charge is 2.17. The number of benzene rings is 2. The number of nitrogens with zero attached hydrogens (tertiary/aromatic N) is 1. The van der Waals surface area contributed by atoms with Crippen molar-refractivity contribution in [2.75, 3.05) is 20.5 Å². The number of fused-ring (bicyclic) bond motifs is 1. The zero-order valence-electron chi connectivity index (χ0n) is 13.3. The van der Waals surface area contributed by atoms with Gasteiger partial charge in [-0.2, -0.15) is 5.10 Å². The van der Waals surface area contributed by atoms with Crippen molar-refractivity contribution >= 4 is 28.1 Å². The number of halogens is 1. The summed E-state index contributed by atoms with van der Waals surface area (Å²) in [5.74, 6) is 2.00. The fourth-order valence-electron chi connectivity index (χ4n) is 2.10. The lowest BCUT2D eigenvalue weighted by Crippen LogP contribution is -2.24. The van der Waals surface area contributed by atoms with Gasteiger partial charge < -0.3 is 18.9 Å². The molecule has 7 nitrogen and oxygen atoms in total. The van der Waals surface area contributed by atoms with Gasteiger partial charge in [-0.3, -0.25) is 4.79 Å². The first-order valence-corrected chi connectivity index (χ1v) is 8.13. The van der Waals surface area contributed by atoms with Gasteiger partial charge >= 0.3 is 0 Å². The van der Waals surface area contributed by atoms with Crippen molar-refractivity contribution in [2.24, 2.45) is 5.10 Å². The first-order chi connectivity index (χ1) is 12.2. The lowest BCUT2D eigenvalue weighted by molar-refractivity contribution is -0.123. The number of hydrogen-bond donors (Lipinski definition) is 1. The summed E-state index contributed by atoms with van der Waals surface area (Å²) in [5.41, 5.74) is 3.05. The SMILES string of the molecule is COc1cc2c(cc1/C=N\NC(=O)COc1ccc(Br)cc1)OCO2. The van der Waals surface area contributed by atoms with Crippen molar-refractivity contribution in [3.63, 3.8) is 0 Å². The Kier molecular flexibility index (Phi) is 5.39. The van der Waals surface area contributed by atoms with Crippen LogP contribution in [0.4, 0.5) is 0 Å². The summed E-state index contributed by atoms with van der Waals surface area (Å²) < 4.78 is 22.2. The van der Waals surface area contributed by atoms with E-state index in [9.17, 15) is 4.79 Å². The van der Waals surface area contributed by atoms with Crippen molar-refractivity contribution in [3.8, 4) is 23.0 Å². The highest BCUT2D eigenvalue weighted by Crippen LogP contribution is 2.37. The van der Waals surface area contributed by atoms with E-state index in [1.165, 1.54) is 6.21 Å². The Bertz CT molecular complexity index is 792. The van der Waals surface area contributed by atoms with E-state index in [2.05, 4.69) is 26.5 Å². The van der Waals surface area contributed by atoms with E-state index in [-0.39, 0.29) is 19.3 Å². The average Bonchev–Trinajstić information content (AvgIpc) is 3.07. The Morgan fingerprint density at radius 1 is 1.28 bits per heavy atom. The molecular weight excluding hydrogens is 392 g/mol. The van der Waals surface area contributed by atoms with Crippen molar-refractivity contribution in [3.05, 3.63) is 46.4 Å². The predicted octanol–water partition coefficient (Wildman–Crippen LogP) is 2.72. The second-order valence-electron chi connectivity index (χ2n) is 4.98. The largest absolute Gasteiger partial charge is 0.496 e. The third kappa shape index (κ3) is 4.42. The van der Waals surface area contributed by atoms with Gasteiger partial charge in [-0.1, -0.05) is 15.9 Å². The van der Waals surface area contributed by atoms with Crippen LogP contribution in [-0.2, 0) is 4.79 Å². The Balaban J connectivity index is 1.55. The molecule has 1 N–H and O–H groups in total. The molecule has 2 aromatic carbocycles. The minimum atomic E-state index is -0.376. The molecule has 0 spiro atoms. The number of ether oxygens (including phenoxy) is 4. The highest BCUT2D eigenvalue weighted by molar-refractivity contribution is 9.10. The number of methoxy groups -OCH3 is 1. The number of nitrogens with one attached hydrogen (secondary N) is 1. The molecule has 1 aliphatic heterocycles. The van der Waals surface area contributed by atoms with E-state index in [1.54, 1.807) is 31.4 Å². The van der Waals surface area contributed by atoms with Gasteiger partial charge in [-0.15, -0.1) is 0 Å². The van der Waals surface area contributed by atoms with Crippen LogP contribution in [0.15, 0.2) is 46.0 Å². The van der Waals surface area contributed by atoms with Crippen LogP contribution in [0.5, 0.6) is 23.0 Å². The van der Waals surface area contributed by atoms with Crippen LogP contribution >= 0.6 is 15.9 Å². The first kappa shape index (κ1) is 17.1. The Hall–Kier alpha value is -2.74. The molecule has 0 saturated carbocycles.